The summed E-state index contributed by atoms with van der Waals surface area (Å²) in [6.07, 6.45) is 0. The number of aryl methyl sites for hydroxylation is 1. The van der Waals surface area contributed by atoms with E-state index in [0.717, 1.165) is 23.6 Å². The highest BCUT2D eigenvalue weighted by Gasteiger charge is 2.16. The molecule has 1 aromatic carbocycles. The SMILES string of the molecule is Cc1ccccc1-n1nnnc1C(C)NCC(C)C. The van der Waals surface area contributed by atoms with Crippen molar-refractivity contribution in [3.05, 3.63) is 35.7 Å². The lowest BCUT2D eigenvalue weighted by atomic mass is 10.2. The van der Waals surface area contributed by atoms with Crippen LogP contribution >= 0.6 is 0 Å². The Morgan fingerprint density at radius 1 is 1.21 bits per heavy atom. The van der Waals surface area contributed by atoms with Gasteiger partial charge in [0, 0.05) is 0 Å². The van der Waals surface area contributed by atoms with Crippen LogP contribution in [-0.4, -0.2) is 26.8 Å². The predicted octanol–water partition coefficient (Wildman–Crippen LogP) is 2.28. The summed E-state index contributed by atoms with van der Waals surface area (Å²) in [6.45, 7) is 9.46. The van der Waals surface area contributed by atoms with Gasteiger partial charge in [-0.3, -0.25) is 0 Å². The number of benzene rings is 1. The van der Waals surface area contributed by atoms with E-state index in [1.165, 1.54) is 0 Å². The van der Waals surface area contributed by atoms with Gasteiger partial charge in [-0.1, -0.05) is 32.0 Å². The first kappa shape index (κ1) is 13.7. The standard InChI is InChI=1S/C14H21N5/c1-10(2)9-15-12(4)14-16-17-18-19(14)13-8-6-5-7-11(13)3/h5-8,10,12,15H,9H2,1-4H3. The molecule has 0 bridgehead atoms. The summed E-state index contributed by atoms with van der Waals surface area (Å²) in [5.74, 6) is 1.44. The fourth-order valence-corrected chi connectivity index (χ4v) is 1.94. The van der Waals surface area contributed by atoms with E-state index in [-0.39, 0.29) is 6.04 Å². The van der Waals surface area contributed by atoms with Crippen LogP contribution in [0, 0.1) is 12.8 Å². The number of tetrazole rings is 1. The zero-order valence-electron chi connectivity index (χ0n) is 12.0. The van der Waals surface area contributed by atoms with Crippen LogP contribution in [0.5, 0.6) is 0 Å². The van der Waals surface area contributed by atoms with Crippen LogP contribution in [-0.2, 0) is 0 Å². The van der Waals surface area contributed by atoms with E-state index in [1.807, 2.05) is 22.9 Å². The highest BCUT2D eigenvalue weighted by atomic mass is 15.5. The van der Waals surface area contributed by atoms with Crippen LogP contribution in [0.1, 0.15) is 38.2 Å². The van der Waals surface area contributed by atoms with Crippen molar-refractivity contribution in [1.82, 2.24) is 25.5 Å². The molecule has 1 N–H and O–H groups in total. The lowest BCUT2D eigenvalue weighted by Gasteiger charge is -2.15. The lowest BCUT2D eigenvalue weighted by Crippen LogP contribution is -2.25. The molecule has 0 fully saturated rings. The zero-order valence-corrected chi connectivity index (χ0v) is 12.0. The molecule has 2 rings (SSSR count). The summed E-state index contributed by atoms with van der Waals surface area (Å²) in [5.41, 5.74) is 2.19. The van der Waals surface area contributed by atoms with Crippen molar-refractivity contribution in [3.8, 4) is 5.69 Å². The number of para-hydroxylation sites is 1. The summed E-state index contributed by atoms with van der Waals surface area (Å²) in [6, 6.07) is 8.23. The first-order valence-corrected chi connectivity index (χ1v) is 6.67. The van der Waals surface area contributed by atoms with E-state index in [0.29, 0.717) is 5.92 Å². The summed E-state index contributed by atoms with van der Waals surface area (Å²) >= 11 is 0. The van der Waals surface area contributed by atoms with Crippen LogP contribution in [0.4, 0.5) is 0 Å². The molecule has 0 amide bonds. The Kier molecular flexibility index (Phi) is 4.27. The van der Waals surface area contributed by atoms with E-state index in [9.17, 15) is 0 Å². The predicted molar refractivity (Wildman–Crippen MR) is 75.1 cm³/mol. The van der Waals surface area contributed by atoms with Gasteiger partial charge in [0.1, 0.15) is 0 Å². The Morgan fingerprint density at radius 2 is 1.95 bits per heavy atom. The zero-order chi connectivity index (χ0) is 13.8. The Labute approximate surface area is 114 Å². The number of nitrogens with zero attached hydrogens (tertiary/aromatic N) is 4. The van der Waals surface area contributed by atoms with Crippen molar-refractivity contribution in [1.29, 1.82) is 0 Å². The van der Waals surface area contributed by atoms with E-state index < -0.39 is 0 Å². The molecule has 5 nitrogen and oxygen atoms in total. The van der Waals surface area contributed by atoms with E-state index in [1.54, 1.807) is 0 Å². The van der Waals surface area contributed by atoms with Gasteiger partial charge in [-0.05, 0) is 48.4 Å². The minimum absolute atomic E-state index is 0.122. The van der Waals surface area contributed by atoms with Crippen LogP contribution in [0.3, 0.4) is 0 Å². The lowest BCUT2D eigenvalue weighted by molar-refractivity contribution is 0.475. The number of rotatable bonds is 5. The summed E-state index contributed by atoms with van der Waals surface area (Å²) in [7, 11) is 0. The third kappa shape index (κ3) is 3.17. The van der Waals surface area contributed by atoms with Gasteiger partial charge in [0.25, 0.3) is 0 Å². The van der Waals surface area contributed by atoms with Gasteiger partial charge in [-0.15, -0.1) is 5.10 Å². The molecule has 1 unspecified atom stereocenters. The van der Waals surface area contributed by atoms with Gasteiger partial charge in [0.05, 0.1) is 11.7 Å². The minimum Gasteiger partial charge on any atom is -0.307 e. The number of aromatic nitrogens is 4. The van der Waals surface area contributed by atoms with Gasteiger partial charge in [-0.25, -0.2) is 0 Å². The molecular formula is C14H21N5. The molecule has 0 aliphatic rings. The quantitative estimate of drug-likeness (QED) is 0.895. The average Bonchev–Trinajstić information content (AvgIpc) is 2.85. The molecular weight excluding hydrogens is 238 g/mol. The molecule has 1 heterocycles. The first-order valence-electron chi connectivity index (χ1n) is 6.67. The Hall–Kier alpha value is -1.75. The van der Waals surface area contributed by atoms with Gasteiger partial charge in [-0.2, -0.15) is 4.68 Å². The molecule has 5 heteroatoms. The van der Waals surface area contributed by atoms with E-state index >= 15 is 0 Å². The van der Waals surface area contributed by atoms with Gasteiger partial charge < -0.3 is 5.32 Å². The fraction of sp³-hybridized carbons (Fsp3) is 0.500. The van der Waals surface area contributed by atoms with Crippen molar-refractivity contribution in [2.75, 3.05) is 6.54 Å². The maximum absolute atomic E-state index is 4.15. The number of nitrogens with one attached hydrogen (secondary N) is 1. The van der Waals surface area contributed by atoms with Gasteiger partial charge in [0.2, 0.25) is 0 Å². The summed E-state index contributed by atoms with van der Waals surface area (Å²) < 4.78 is 1.81. The molecule has 1 atom stereocenters. The third-order valence-electron chi connectivity index (χ3n) is 3.06. The third-order valence-corrected chi connectivity index (χ3v) is 3.06. The van der Waals surface area contributed by atoms with Gasteiger partial charge >= 0.3 is 0 Å². The van der Waals surface area contributed by atoms with Crippen molar-refractivity contribution >= 4 is 0 Å². The largest absolute Gasteiger partial charge is 0.307 e. The highest BCUT2D eigenvalue weighted by molar-refractivity contribution is 5.39. The fourth-order valence-electron chi connectivity index (χ4n) is 1.94. The monoisotopic (exact) mass is 259 g/mol. The maximum Gasteiger partial charge on any atom is 0.173 e. The number of hydrogen-bond donors (Lipinski definition) is 1. The van der Waals surface area contributed by atoms with Crippen LogP contribution in [0.25, 0.3) is 5.69 Å². The molecule has 102 valence electrons. The van der Waals surface area contributed by atoms with Crippen molar-refractivity contribution in [2.24, 2.45) is 5.92 Å². The Bertz CT molecular complexity index is 532. The maximum atomic E-state index is 4.15. The molecule has 0 radical (unpaired) electrons. The van der Waals surface area contributed by atoms with Crippen LogP contribution in [0.2, 0.25) is 0 Å². The van der Waals surface area contributed by atoms with Crippen molar-refractivity contribution in [3.63, 3.8) is 0 Å². The molecule has 19 heavy (non-hydrogen) atoms. The molecule has 0 saturated heterocycles. The van der Waals surface area contributed by atoms with Crippen molar-refractivity contribution in [2.45, 2.75) is 33.7 Å². The second-order valence-electron chi connectivity index (χ2n) is 5.26. The van der Waals surface area contributed by atoms with Crippen molar-refractivity contribution < 1.29 is 0 Å². The Morgan fingerprint density at radius 3 is 2.63 bits per heavy atom. The normalized spacial score (nSPS) is 12.9. The first-order chi connectivity index (χ1) is 9.09. The van der Waals surface area contributed by atoms with Crippen LogP contribution < -0.4 is 5.32 Å². The second-order valence-corrected chi connectivity index (χ2v) is 5.26. The summed E-state index contributed by atoms with van der Waals surface area (Å²) in [5, 5.41) is 15.5. The molecule has 0 aliphatic carbocycles. The molecule has 0 aliphatic heterocycles. The highest BCUT2D eigenvalue weighted by Crippen LogP contribution is 2.17. The van der Waals surface area contributed by atoms with Gasteiger partial charge in [0.15, 0.2) is 5.82 Å². The average molecular weight is 259 g/mol. The summed E-state index contributed by atoms with van der Waals surface area (Å²) in [4.78, 5) is 0. The minimum atomic E-state index is 0.122. The molecule has 0 spiro atoms. The Balaban J connectivity index is 2.25. The molecule has 1 aromatic heterocycles. The molecule has 2 aromatic rings. The second kappa shape index (κ2) is 5.93. The molecule has 0 saturated carbocycles. The van der Waals surface area contributed by atoms with E-state index in [2.05, 4.69) is 54.6 Å². The van der Waals surface area contributed by atoms with Crippen LogP contribution in [0.15, 0.2) is 24.3 Å². The smallest absolute Gasteiger partial charge is 0.173 e. The number of hydrogen-bond acceptors (Lipinski definition) is 4. The topological polar surface area (TPSA) is 55.6 Å². The van der Waals surface area contributed by atoms with E-state index in [4.69, 9.17) is 0 Å².